The molecule has 1 aliphatic heterocycles. The fraction of sp³-hybridized carbons (Fsp3) is 0.350. The lowest BCUT2D eigenvalue weighted by molar-refractivity contribution is 0.0909. The number of carbonyl (C=O) groups is 1. The summed E-state index contributed by atoms with van der Waals surface area (Å²) in [5, 5.41) is 3.15. The highest BCUT2D eigenvalue weighted by molar-refractivity contribution is 5.94. The number of amides is 1. The topological polar surface area (TPSA) is 41.6 Å². The van der Waals surface area contributed by atoms with Crippen molar-refractivity contribution in [2.75, 3.05) is 20.2 Å². The van der Waals surface area contributed by atoms with Gasteiger partial charge in [-0.2, -0.15) is 0 Å². The lowest BCUT2D eigenvalue weighted by atomic mass is 10.0. The fourth-order valence-corrected chi connectivity index (χ4v) is 3.09. The van der Waals surface area contributed by atoms with Gasteiger partial charge in [-0.25, -0.2) is 0 Å². The summed E-state index contributed by atoms with van der Waals surface area (Å²) >= 11 is 0. The Bertz CT molecular complexity index is 647. The Kier molecular flexibility index (Phi) is 5.49. The van der Waals surface area contributed by atoms with Crippen molar-refractivity contribution < 1.29 is 9.53 Å². The molecular weight excluding hydrogens is 300 g/mol. The van der Waals surface area contributed by atoms with E-state index in [1.165, 1.54) is 5.56 Å². The average Bonchev–Trinajstić information content (AvgIpc) is 2.64. The number of rotatable bonds is 5. The van der Waals surface area contributed by atoms with E-state index < -0.39 is 0 Å². The summed E-state index contributed by atoms with van der Waals surface area (Å²) in [6.07, 6.45) is 1.99. The SMILES string of the molecule is COc1ccc(C(=O)NC2CCN(Cc3ccccc3)CC2)cc1. The molecule has 2 aromatic rings. The van der Waals surface area contributed by atoms with Crippen molar-refractivity contribution in [1.82, 2.24) is 10.2 Å². The number of benzene rings is 2. The van der Waals surface area contributed by atoms with Crippen LogP contribution in [0.4, 0.5) is 0 Å². The van der Waals surface area contributed by atoms with Crippen LogP contribution in [0.25, 0.3) is 0 Å². The zero-order valence-corrected chi connectivity index (χ0v) is 14.1. The molecule has 0 unspecified atom stereocenters. The number of likely N-dealkylation sites (tertiary alicyclic amines) is 1. The molecule has 0 aliphatic carbocycles. The van der Waals surface area contributed by atoms with E-state index in [2.05, 4.69) is 34.5 Å². The molecule has 4 nitrogen and oxygen atoms in total. The summed E-state index contributed by atoms with van der Waals surface area (Å²) in [5.74, 6) is 0.764. The highest BCUT2D eigenvalue weighted by atomic mass is 16.5. The van der Waals surface area contributed by atoms with Crippen molar-refractivity contribution in [3.8, 4) is 5.75 Å². The van der Waals surface area contributed by atoms with Crippen LogP contribution in [0.15, 0.2) is 54.6 Å². The van der Waals surface area contributed by atoms with Gasteiger partial charge in [0.2, 0.25) is 0 Å². The van der Waals surface area contributed by atoms with Gasteiger partial charge < -0.3 is 10.1 Å². The molecule has 0 saturated carbocycles. The number of piperidine rings is 1. The molecule has 1 amide bonds. The maximum atomic E-state index is 12.3. The first-order valence-electron chi connectivity index (χ1n) is 8.46. The molecule has 2 aromatic carbocycles. The molecule has 0 bridgehead atoms. The standard InChI is InChI=1S/C20H24N2O2/c1-24-19-9-7-17(8-10-19)20(23)21-18-11-13-22(14-12-18)15-16-5-3-2-4-6-16/h2-10,18H,11-15H2,1H3,(H,21,23). The molecule has 3 rings (SSSR count). The number of ether oxygens (including phenoxy) is 1. The number of nitrogens with zero attached hydrogens (tertiary/aromatic N) is 1. The lowest BCUT2D eigenvalue weighted by Crippen LogP contribution is -2.44. The Hall–Kier alpha value is -2.33. The van der Waals surface area contributed by atoms with Crippen molar-refractivity contribution >= 4 is 5.91 Å². The fourth-order valence-electron chi connectivity index (χ4n) is 3.09. The van der Waals surface area contributed by atoms with Gasteiger partial charge in [-0.15, -0.1) is 0 Å². The first-order chi connectivity index (χ1) is 11.7. The minimum Gasteiger partial charge on any atom is -0.497 e. The van der Waals surface area contributed by atoms with Gasteiger partial charge in [-0.1, -0.05) is 30.3 Å². The van der Waals surface area contributed by atoms with Gasteiger partial charge in [0.1, 0.15) is 5.75 Å². The van der Waals surface area contributed by atoms with Crippen LogP contribution in [0.3, 0.4) is 0 Å². The Labute approximate surface area is 143 Å². The van der Waals surface area contributed by atoms with E-state index in [9.17, 15) is 4.79 Å². The normalized spacial score (nSPS) is 15.9. The van der Waals surface area contributed by atoms with Crippen molar-refractivity contribution in [3.63, 3.8) is 0 Å². The van der Waals surface area contributed by atoms with E-state index in [1.807, 2.05) is 18.2 Å². The summed E-state index contributed by atoms with van der Waals surface area (Å²) < 4.78 is 5.12. The highest BCUT2D eigenvalue weighted by Crippen LogP contribution is 2.15. The van der Waals surface area contributed by atoms with Crippen LogP contribution in [-0.2, 0) is 6.54 Å². The molecule has 1 fully saturated rings. The quantitative estimate of drug-likeness (QED) is 0.919. The monoisotopic (exact) mass is 324 g/mol. The van der Waals surface area contributed by atoms with Crippen LogP contribution in [-0.4, -0.2) is 37.0 Å². The molecule has 1 N–H and O–H groups in total. The summed E-state index contributed by atoms with van der Waals surface area (Å²) in [5.41, 5.74) is 2.03. The van der Waals surface area contributed by atoms with E-state index in [-0.39, 0.29) is 11.9 Å². The molecule has 0 spiro atoms. The van der Waals surface area contributed by atoms with Crippen LogP contribution in [0.5, 0.6) is 5.75 Å². The molecule has 0 aromatic heterocycles. The molecule has 1 saturated heterocycles. The molecule has 4 heteroatoms. The maximum absolute atomic E-state index is 12.3. The van der Waals surface area contributed by atoms with Crippen LogP contribution < -0.4 is 10.1 Å². The number of hydrogen-bond donors (Lipinski definition) is 1. The Morgan fingerprint density at radius 2 is 1.75 bits per heavy atom. The van der Waals surface area contributed by atoms with Crippen molar-refractivity contribution in [3.05, 3.63) is 65.7 Å². The molecule has 0 atom stereocenters. The lowest BCUT2D eigenvalue weighted by Gasteiger charge is -2.32. The first-order valence-corrected chi connectivity index (χ1v) is 8.46. The Morgan fingerprint density at radius 1 is 1.08 bits per heavy atom. The smallest absolute Gasteiger partial charge is 0.251 e. The molecule has 0 radical (unpaired) electrons. The van der Waals surface area contributed by atoms with Gasteiger partial charge in [0.25, 0.3) is 5.91 Å². The van der Waals surface area contributed by atoms with Gasteiger partial charge in [0.05, 0.1) is 7.11 Å². The third-order valence-electron chi connectivity index (χ3n) is 4.52. The predicted molar refractivity (Wildman–Crippen MR) is 95.2 cm³/mol. The third-order valence-corrected chi connectivity index (χ3v) is 4.52. The maximum Gasteiger partial charge on any atom is 0.251 e. The second-order valence-electron chi connectivity index (χ2n) is 6.24. The summed E-state index contributed by atoms with van der Waals surface area (Å²) in [7, 11) is 1.62. The van der Waals surface area contributed by atoms with Crippen LogP contribution in [0, 0.1) is 0 Å². The largest absolute Gasteiger partial charge is 0.497 e. The summed E-state index contributed by atoms with van der Waals surface area (Å²) in [6.45, 7) is 3.02. The van der Waals surface area contributed by atoms with Crippen LogP contribution >= 0.6 is 0 Å². The number of carbonyl (C=O) groups excluding carboxylic acids is 1. The number of methoxy groups -OCH3 is 1. The zero-order valence-electron chi connectivity index (χ0n) is 14.1. The van der Waals surface area contributed by atoms with E-state index in [1.54, 1.807) is 19.2 Å². The number of nitrogens with one attached hydrogen (secondary N) is 1. The number of hydrogen-bond acceptors (Lipinski definition) is 3. The van der Waals surface area contributed by atoms with Gasteiger partial charge in [0.15, 0.2) is 0 Å². The zero-order chi connectivity index (χ0) is 16.8. The Balaban J connectivity index is 1.47. The van der Waals surface area contributed by atoms with E-state index >= 15 is 0 Å². The average molecular weight is 324 g/mol. The van der Waals surface area contributed by atoms with Crippen molar-refractivity contribution in [2.24, 2.45) is 0 Å². The molecule has 24 heavy (non-hydrogen) atoms. The van der Waals surface area contributed by atoms with Crippen LogP contribution in [0.2, 0.25) is 0 Å². The van der Waals surface area contributed by atoms with Crippen molar-refractivity contribution in [1.29, 1.82) is 0 Å². The minimum absolute atomic E-state index is 0.000776. The van der Waals surface area contributed by atoms with E-state index in [0.29, 0.717) is 5.56 Å². The summed E-state index contributed by atoms with van der Waals surface area (Å²) in [4.78, 5) is 14.8. The highest BCUT2D eigenvalue weighted by Gasteiger charge is 2.21. The van der Waals surface area contributed by atoms with Gasteiger partial charge in [0, 0.05) is 31.2 Å². The van der Waals surface area contributed by atoms with E-state index in [0.717, 1.165) is 38.2 Å². The minimum atomic E-state index is -0.000776. The molecule has 1 heterocycles. The molecule has 1 aliphatic rings. The Morgan fingerprint density at radius 3 is 2.38 bits per heavy atom. The van der Waals surface area contributed by atoms with Gasteiger partial charge in [-0.05, 0) is 42.7 Å². The van der Waals surface area contributed by atoms with Gasteiger partial charge >= 0.3 is 0 Å². The second kappa shape index (κ2) is 7.97. The second-order valence-corrected chi connectivity index (χ2v) is 6.24. The first kappa shape index (κ1) is 16.5. The predicted octanol–water partition coefficient (Wildman–Crippen LogP) is 3.09. The summed E-state index contributed by atoms with van der Waals surface area (Å²) in [6, 6.07) is 18.0. The van der Waals surface area contributed by atoms with Crippen LogP contribution in [0.1, 0.15) is 28.8 Å². The third kappa shape index (κ3) is 4.36. The molecule has 126 valence electrons. The molecular formula is C20H24N2O2. The van der Waals surface area contributed by atoms with Gasteiger partial charge in [-0.3, -0.25) is 9.69 Å². The van der Waals surface area contributed by atoms with E-state index in [4.69, 9.17) is 4.74 Å². The van der Waals surface area contributed by atoms with Crippen molar-refractivity contribution in [2.45, 2.75) is 25.4 Å².